The number of ether oxygens (including phenoxy) is 1. The van der Waals surface area contributed by atoms with Gasteiger partial charge < -0.3 is 25.0 Å². The zero-order valence-electron chi connectivity index (χ0n) is 21.2. The zero-order chi connectivity index (χ0) is 25.1. The first-order valence-electron chi connectivity index (χ1n) is 13.0. The van der Waals surface area contributed by atoms with E-state index in [0.717, 1.165) is 80.7 Å². The number of hydrogen-bond donors (Lipinski definition) is 3. The molecule has 188 valence electrons. The quantitative estimate of drug-likeness (QED) is 0.449. The van der Waals surface area contributed by atoms with Crippen LogP contribution in [0.2, 0.25) is 0 Å². The van der Waals surface area contributed by atoms with Crippen molar-refractivity contribution in [1.82, 2.24) is 9.88 Å². The highest BCUT2D eigenvalue weighted by atomic mass is 16.5. The van der Waals surface area contributed by atoms with Gasteiger partial charge in [0.1, 0.15) is 5.60 Å². The summed E-state index contributed by atoms with van der Waals surface area (Å²) in [5.41, 5.74) is 4.77. The number of aromatic nitrogens is 1. The van der Waals surface area contributed by atoms with Gasteiger partial charge in [-0.2, -0.15) is 0 Å². The molecule has 1 saturated heterocycles. The Morgan fingerprint density at radius 3 is 2.61 bits per heavy atom. The van der Waals surface area contributed by atoms with Crippen molar-refractivity contribution in [3.8, 4) is 11.8 Å². The third-order valence-electron chi connectivity index (χ3n) is 7.65. The molecule has 0 radical (unpaired) electrons. The van der Waals surface area contributed by atoms with Gasteiger partial charge in [-0.15, -0.1) is 0 Å². The molecule has 0 atom stereocenters. The highest BCUT2D eigenvalue weighted by Gasteiger charge is 2.32. The molecule has 1 amide bonds. The maximum atomic E-state index is 13.0. The summed E-state index contributed by atoms with van der Waals surface area (Å²) in [6.07, 6.45) is 4.75. The average Bonchev–Trinajstić information content (AvgIpc) is 3.20. The zero-order valence-corrected chi connectivity index (χ0v) is 21.2. The van der Waals surface area contributed by atoms with Crippen LogP contribution in [0.4, 0.5) is 5.69 Å². The summed E-state index contributed by atoms with van der Waals surface area (Å²) in [6.45, 7) is 5.63. The second-order valence-electron chi connectivity index (χ2n) is 10.2. The van der Waals surface area contributed by atoms with Gasteiger partial charge in [0.15, 0.2) is 0 Å². The smallest absolute Gasteiger partial charge is 0.255 e. The summed E-state index contributed by atoms with van der Waals surface area (Å²) in [7, 11) is 2.09. The van der Waals surface area contributed by atoms with E-state index in [1.165, 1.54) is 11.1 Å². The number of nitrogens with one attached hydrogen (secondary N) is 2. The van der Waals surface area contributed by atoms with Gasteiger partial charge in [0, 0.05) is 54.7 Å². The van der Waals surface area contributed by atoms with E-state index in [4.69, 9.17) is 4.74 Å². The Hall–Kier alpha value is -3.11. The molecule has 3 aromatic rings. The molecular formula is C30H35N3O3. The molecule has 5 rings (SSSR count). The van der Waals surface area contributed by atoms with Crippen LogP contribution >= 0.6 is 0 Å². The molecule has 2 aliphatic rings. The normalized spacial score (nSPS) is 17.3. The summed E-state index contributed by atoms with van der Waals surface area (Å²) in [5.74, 6) is 6.52. The van der Waals surface area contributed by atoms with Crippen LogP contribution in [0.15, 0.2) is 42.5 Å². The predicted molar refractivity (Wildman–Crippen MR) is 143 cm³/mol. The Morgan fingerprint density at radius 1 is 1.17 bits per heavy atom. The SMILES string of the molecule is Cc1c(NC(=O)c2ccc(C#CC3(O)CCC3)cc2)ccc2cc(CNCC3CCOCC3)n(C)c12. The van der Waals surface area contributed by atoms with Crippen molar-refractivity contribution in [2.45, 2.75) is 51.2 Å². The molecule has 0 spiro atoms. The number of aryl methyl sites for hydroxylation is 2. The number of nitrogens with zero attached hydrogens (tertiary/aromatic N) is 1. The lowest BCUT2D eigenvalue weighted by molar-refractivity contribution is 0.0239. The van der Waals surface area contributed by atoms with Gasteiger partial charge >= 0.3 is 0 Å². The molecule has 6 nitrogen and oxygen atoms in total. The largest absolute Gasteiger partial charge is 0.381 e. The number of hydrogen-bond acceptors (Lipinski definition) is 4. The minimum Gasteiger partial charge on any atom is -0.381 e. The molecule has 1 aromatic heterocycles. The van der Waals surface area contributed by atoms with Gasteiger partial charge in [0.25, 0.3) is 5.91 Å². The summed E-state index contributed by atoms with van der Waals surface area (Å²) >= 11 is 0. The van der Waals surface area contributed by atoms with Gasteiger partial charge in [-0.3, -0.25) is 4.79 Å². The van der Waals surface area contributed by atoms with Crippen LogP contribution < -0.4 is 10.6 Å². The minimum atomic E-state index is -0.829. The first-order valence-corrected chi connectivity index (χ1v) is 13.0. The van der Waals surface area contributed by atoms with E-state index in [-0.39, 0.29) is 5.91 Å². The first-order chi connectivity index (χ1) is 17.4. The molecule has 0 unspecified atom stereocenters. The van der Waals surface area contributed by atoms with Gasteiger partial charge in [0.2, 0.25) is 0 Å². The van der Waals surface area contributed by atoms with Gasteiger partial charge in [-0.1, -0.05) is 17.9 Å². The summed E-state index contributed by atoms with van der Waals surface area (Å²) < 4.78 is 7.68. The maximum absolute atomic E-state index is 13.0. The third kappa shape index (κ3) is 5.34. The second kappa shape index (κ2) is 10.5. The Morgan fingerprint density at radius 2 is 1.92 bits per heavy atom. The topological polar surface area (TPSA) is 75.5 Å². The molecule has 36 heavy (non-hydrogen) atoms. The van der Waals surface area contributed by atoms with Crippen LogP contribution in [0, 0.1) is 24.7 Å². The number of anilines is 1. The molecule has 1 aliphatic carbocycles. The van der Waals surface area contributed by atoms with Crippen molar-refractivity contribution in [2.24, 2.45) is 13.0 Å². The van der Waals surface area contributed by atoms with Crippen molar-refractivity contribution in [1.29, 1.82) is 0 Å². The van der Waals surface area contributed by atoms with Crippen LogP contribution in [0.3, 0.4) is 0 Å². The van der Waals surface area contributed by atoms with Crippen molar-refractivity contribution in [2.75, 3.05) is 25.1 Å². The molecule has 1 saturated carbocycles. The fraction of sp³-hybridized carbons (Fsp3) is 0.433. The van der Waals surface area contributed by atoms with E-state index in [1.54, 1.807) is 12.1 Å². The number of amides is 1. The van der Waals surface area contributed by atoms with Crippen LogP contribution in [0.25, 0.3) is 10.9 Å². The van der Waals surface area contributed by atoms with Crippen LogP contribution in [-0.2, 0) is 18.3 Å². The Bertz CT molecular complexity index is 1300. The van der Waals surface area contributed by atoms with Crippen LogP contribution in [-0.4, -0.2) is 40.9 Å². The molecule has 1 aliphatic heterocycles. The predicted octanol–water partition coefficient (Wildman–Crippen LogP) is 4.52. The van der Waals surface area contributed by atoms with Crippen molar-refractivity contribution < 1.29 is 14.6 Å². The van der Waals surface area contributed by atoms with Gasteiger partial charge in [0.05, 0.1) is 5.52 Å². The average molecular weight is 486 g/mol. The van der Waals surface area contributed by atoms with Crippen molar-refractivity contribution >= 4 is 22.5 Å². The number of carbonyl (C=O) groups is 1. The fourth-order valence-corrected chi connectivity index (χ4v) is 5.09. The molecule has 6 heteroatoms. The highest BCUT2D eigenvalue weighted by Crippen LogP contribution is 2.31. The van der Waals surface area contributed by atoms with E-state index in [0.29, 0.717) is 11.5 Å². The van der Waals surface area contributed by atoms with E-state index in [1.807, 2.05) is 18.2 Å². The number of fused-ring (bicyclic) bond motifs is 1. The summed E-state index contributed by atoms with van der Waals surface area (Å²) in [4.78, 5) is 13.0. The van der Waals surface area contributed by atoms with Crippen molar-refractivity contribution in [3.05, 3.63) is 64.8 Å². The van der Waals surface area contributed by atoms with E-state index >= 15 is 0 Å². The molecule has 2 fully saturated rings. The first kappa shape index (κ1) is 24.6. The molecule has 3 N–H and O–H groups in total. The summed E-state index contributed by atoms with van der Waals surface area (Å²) in [6, 6.07) is 13.5. The van der Waals surface area contributed by atoms with E-state index in [2.05, 4.69) is 53.1 Å². The highest BCUT2D eigenvalue weighted by molar-refractivity contribution is 6.06. The van der Waals surface area contributed by atoms with Crippen LogP contribution in [0.5, 0.6) is 0 Å². The Balaban J connectivity index is 1.25. The number of carbonyl (C=O) groups excluding carboxylic acids is 1. The number of benzene rings is 2. The van der Waals surface area contributed by atoms with Gasteiger partial charge in [-0.05, 0) is 93.5 Å². The minimum absolute atomic E-state index is 0.151. The third-order valence-corrected chi connectivity index (χ3v) is 7.65. The van der Waals surface area contributed by atoms with E-state index < -0.39 is 5.60 Å². The molecule has 0 bridgehead atoms. The second-order valence-corrected chi connectivity index (χ2v) is 10.2. The van der Waals surface area contributed by atoms with Crippen molar-refractivity contribution in [3.63, 3.8) is 0 Å². The van der Waals surface area contributed by atoms with E-state index in [9.17, 15) is 9.90 Å². The monoisotopic (exact) mass is 485 g/mol. The van der Waals surface area contributed by atoms with Gasteiger partial charge in [-0.25, -0.2) is 0 Å². The molecule has 2 heterocycles. The van der Waals surface area contributed by atoms with Crippen LogP contribution in [0.1, 0.15) is 59.3 Å². The Kier molecular flexibility index (Phi) is 7.15. The lowest BCUT2D eigenvalue weighted by Gasteiger charge is -2.30. The lowest BCUT2D eigenvalue weighted by Crippen LogP contribution is -2.34. The maximum Gasteiger partial charge on any atom is 0.255 e. The lowest BCUT2D eigenvalue weighted by atomic mass is 9.81. The fourth-order valence-electron chi connectivity index (χ4n) is 5.09. The molecular weight excluding hydrogens is 450 g/mol. The summed E-state index contributed by atoms with van der Waals surface area (Å²) in [5, 5.41) is 18.0. The Labute approximate surface area is 213 Å². The number of aliphatic hydroxyl groups is 1. The molecule has 2 aromatic carbocycles. The number of rotatable bonds is 6. The standard InChI is InChI=1S/C30H35N3O3/c1-21-27(32-29(34)24-6-4-22(5-7-24)10-15-30(35)13-3-14-30)9-8-25-18-26(33(2)28(21)25)20-31-19-23-11-16-36-17-12-23/h4-9,18,23,31,35H,3,11-14,16-17,19-20H2,1-2H3,(H,32,34).